The normalized spacial score (nSPS) is 11.1. The molecule has 3 aromatic carbocycles. The quantitative estimate of drug-likeness (QED) is 0.187. The third-order valence-corrected chi connectivity index (χ3v) is 3.93. The van der Waals surface area contributed by atoms with Gasteiger partial charge in [-0.2, -0.15) is 5.10 Å². The molecule has 0 aliphatic heterocycles. The number of hydrazone groups is 1. The number of phenolic OH excluding ortho intramolecular Hbond substituents is 1. The average molecular weight is 388 g/mol. The number of carbonyl (C=O) groups is 1. The Kier molecular flexibility index (Phi) is 6.75. The summed E-state index contributed by atoms with van der Waals surface area (Å²) in [5, 5.41) is 23.1. The Morgan fingerprint density at radius 2 is 1.83 bits per heavy atom. The summed E-state index contributed by atoms with van der Waals surface area (Å²) in [6, 6.07) is 21.0. The van der Waals surface area contributed by atoms with Crippen LogP contribution in [0.5, 0.6) is 11.5 Å². The molecule has 6 heteroatoms. The number of esters is 1. The van der Waals surface area contributed by atoms with Gasteiger partial charge in [-0.3, -0.25) is 5.43 Å². The van der Waals surface area contributed by atoms with Crippen molar-refractivity contribution in [1.82, 2.24) is 0 Å². The molecular weight excluding hydrogens is 368 g/mol. The minimum Gasteiger partial charge on any atom is -0.508 e. The fraction of sp³-hybridized carbons (Fsp3) is 0.0435. The molecule has 0 fully saturated rings. The van der Waals surface area contributed by atoms with E-state index in [2.05, 4.69) is 10.5 Å². The fourth-order valence-corrected chi connectivity index (χ4v) is 2.53. The van der Waals surface area contributed by atoms with Gasteiger partial charge in [0.2, 0.25) is 0 Å². The number of aliphatic hydroxyl groups is 1. The summed E-state index contributed by atoms with van der Waals surface area (Å²) in [5.41, 5.74) is 5.50. The number of aliphatic hydroxyl groups excluding tert-OH is 1. The van der Waals surface area contributed by atoms with Crippen molar-refractivity contribution in [3.8, 4) is 11.5 Å². The second kappa shape index (κ2) is 9.87. The molecule has 3 rings (SSSR count). The third-order valence-electron chi connectivity index (χ3n) is 3.93. The van der Waals surface area contributed by atoms with Crippen molar-refractivity contribution < 1.29 is 19.7 Å². The molecule has 146 valence electrons. The highest BCUT2D eigenvalue weighted by atomic mass is 16.5. The van der Waals surface area contributed by atoms with E-state index in [0.717, 1.165) is 5.56 Å². The predicted molar refractivity (Wildman–Crippen MR) is 113 cm³/mol. The van der Waals surface area contributed by atoms with E-state index >= 15 is 0 Å². The number of nitrogens with one attached hydrogen (secondary N) is 1. The lowest BCUT2D eigenvalue weighted by molar-refractivity contribution is -0.129. The van der Waals surface area contributed by atoms with Gasteiger partial charge in [-0.25, -0.2) is 4.79 Å². The maximum atomic E-state index is 12.0. The number of hydrogen-bond donors (Lipinski definition) is 3. The summed E-state index contributed by atoms with van der Waals surface area (Å²) in [6.07, 6.45) is 4.56. The smallest absolute Gasteiger partial charge is 0.336 e. The number of anilines is 1. The van der Waals surface area contributed by atoms with Crippen LogP contribution in [0.2, 0.25) is 0 Å². The van der Waals surface area contributed by atoms with Gasteiger partial charge in [0.15, 0.2) is 0 Å². The lowest BCUT2D eigenvalue weighted by Crippen LogP contribution is -2.06. The summed E-state index contributed by atoms with van der Waals surface area (Å²) < 4.78 is 5.33. The van der Waals surface area contributed by atoms with E-state index in [1.54, 1.807) is 54.8 Å². The van der Waals surface area contributed by atoms with E-state index in [9.17, 15) is 15.0 Å². The van der Waals surface area contributed by atoms with E-state index in [1.807, 2.05) is 30.3 Å². The number of nitrogens with zero attached hydrogens (tertiary/aromatic N) is 1. The number of ether oxygens (including phenoxy) is 1. The molecule has 0 spiro atoms. The summed E-state index contributed by atoms with van der Waals surface area (Å²) in [5.74, 6) is -0.107. The van der Waals surface area contributed by atoms with Crippen LogP contribution >= 0.6 is 0 Å². The molecule has 0 aliphatic rings. The Morgan fingerprint density at radius 1 is 1.00 bits per heavy atom. The average Bonchev–Trinajstić information content (AvgIpc) is 2.74. The van der Waals surface area contributed by atoms with Crippen molar-refractivity contribution in [2.45, 2.75) is 6.61 Å². The molecule has 29 heavy (non-hydrogen) atoms. The van der Waals surface area contributed by atoms with Crippen molar-refractivity contribution in [2.75, 3.05) is 5.43 Å². The van der Waals surface area contributed by atoms with E-state index in [-0.39, 0.29) is 18.1 Å². The second-order valence-electron chi connectivity index (χ2n) is 6.11. The molecule has 0 radical (unpaired) electrons. The van der Waals surface area contributed by atoms with Gasteiger partial charge in [0.05, 0.1) is 18.5 Å². The molecule has 0 bridgehead atoms. The van der Waals surface area contributed by atoms with Gasteiger partial charge in [0, 0.05) is 17.7 Å². The van der Waals surface area contributed by atoms with Gasteiger partial charge in [-0.05, 0) is 47.5 Å². The first-order valence-electron chi connectivity index (χ1n) is 8.91. The SMILES string of the molecule is O=C(/C=C/c1ccccc1)Oc1ccc(/C=N/Nc2cccc(O)c2)cc1CO. The van der Waals surface area contributed by atoms with Crippen LogP contribution in [0, 0.1) is 0 Å². The maximum absolute atomic E-state index is 12.0. The predicted octanol–water partition coefficient (Wildman–Crippen LogP) is 3.95. The third kappa shape index (κ3) is 6.05. The van der Waals surface area contributed by atoms with Crippen LogP contribution in [-0.2, 0) is 11.4 Å². The Balaban J connectivity index is 1.64. The van der Waals surface area contributed by atoms with Gasteiger partial charge < -0.3 is 14.9 Å². The van der Waals surface area contributed by atoms with E-state index in [1.165, 1.54) is 6.08 Å². The zero-order chi connectivity index (χ0) is 20.5. The molecule has 0 unspecified atom stereocenters. The summed E-state index contributed by atoms with van der Waals surface area (Å²) in [7, 11) is 0. The lowest BCUT2D eigenvalue weighted by Gasteiger charge is -2.08. The number of rotatable bonds is 7. The van der Waals surface area contributed by atoms with Gasteiger partial charge in [0.25, 0.3) is 0 Å². The van der Waals surface area contributed by atoms with Gasteiger partial charge in [-0.15, -0.1) is 0 Å². The standard InChI is InChI=1S/C23H20N2O4/c26-16-19-13-18(15-24-25-20-7-4-8-21(27)14-20)9-11-22(19)29-23(28)12-10-17-5-2-1-3-6-17/h1-15,25-27H,16H2/b12-10+,24-15+. The highest BCUT2D eigenvalue weighted by Crippen LogP contribution is 2.20. The van der Waals surface area contributed by atoms with Crippen molar-refractivity contribution in [3.63, 3.8) is 0 Å². The van der Waals surface area contributed by atoms with E-state index in [4.69, 9.17) is 4.74 Å². The monoisotopic (exact) mass is 388 g/mol. The first-order valence-corrected chi connectivity index (χ1v) is 8.91. The lowest BCUT2D eigenvalue weighted by atomic mass is 10.1. The van der Waals surface area contributed by atoms with Crippen molar-refractivity contribution >= 4 is 23.9 Å². The van der Waals surface area contributed by atoms with Gasteiger partial charge in [0.1, 0.15) is 11.5 Å². The largest absolute Gasteiger partial charge is 0.508 e. The molecule has 0 amide bonds. The minimum absolute atomic E-state index is 0.139. The minimum atomic E-state index is -0.532. The van der Waals surface area contributed by atoms with Gasteiger partial charge >= 0.3 is 5.97 Å². The topological polar surface area (TPSA) is 91.2 Å². The van der Waals surface area contributed by atoms with Crippen LogP contribution in [0.3, 0.4) is 0 Å². The molecule has 0 saturated heterocycles. The van der Waals surface area contributed by atoms with Crippen molar-refractivity contribution in [3.05, 3.63) is 95.6 Å². The molecule has 0 aliphatic carbocycles. The second-order valence-corrected chi connectivity index (χ2v) is 6.11. The molecule has 0 atom stereocenters. The Hall–Kier alpha value is -3.90. The Morgan fingerprint density at radius 3 is 2.59 bits per heavy atom. The molecule has 3 N–H and O–H groups in total. The van der Waals surface area contributed by atoms with Crippen LogP contribution in [0.4, 0.5) is 5.69 Å². The van der Waals surface area contributed by atoms with Crippen LogP contribution < -0.4 is 10.2 Å². The fourth-order valence-electron chi connectivity index (χ4n) is 2.53. The van der Waals surface area contributed by atoms with E-state index in [0.29, 0.717) is 16.8 Å². The number of carbonyl (C=O) groups excluding carboxylic acids is 1. The molecule has 0 aromatic heterocycles. The van der Waals surface area contributed by atoms with Crippen molar-refractivity contribution in [1.29, 1.82) is 0 Å². The summed E-state index contributed by atoms with van der Waals surface area (Å²) in [6.45, 7) is -0.285. The first kappa shape index (κ1) is 19.9. The van der Waals surface area contributed by atoms with Crippen molar-refractivity contribution in [2.24, 2.45) is 5.10 Å². The number of aromatic hydroxyl groups is 1. The summed E-state index contributed by atoms with van der Waals surface area (Å²) >= 11 is 0. The molecular formula is C23H20N2O4. The van der Waals surface area contributed by atoms with Crippen LogP contribution in [0.15, 0.2) is 84.0 Å². The van der Waals surface area contributed by atoms with Crippen LogP contribution in [0.1, 0.15) is 16.7 Å². The number of phenols is 1. The number of hydrogen-bond acceptors (Lipinski definition) is 6. The Labute approximate surface area is 168 Å². The molecule has 3 aromatic rings. The van der Waals surface area contributed by atoms with Crippen LogP contribution in [0.25, 0.3) is 6.08 Å². The van der Waals surface area contributed by atoms with Crippen LogP contribution in [-0.4, -0.2) is 22.4 Å². The first-order chi connectivity index (χ1) is 14.1. The highest BCUT2D eigenvalue weighted by molar-refractivity contribution is 5.89. The van der Waals surface area contributed by atoms with E-state index < -0.39 is 5.97 Å². The Bertz CT molecular complexity index is 1030. The summed E-state index contributed by atoms with van der Waals surface area (Å²) in [4.78, 5) is 12.0. The zero-order valence-corrected chi connectivity index (χ0v) is 15.5. The molecule has 0 saturated carbocycles. The highest BCUT2D eigenvalue weighted by Gasteiger charge is 2.07. The van der Waals surface area contributed by atoms with Gasteiger partial charge in [-0.1, -0.05) is 36.4 Å². The number of benzene rings is 3. The molecule has 6 nitrogen and oxygen atoms in total. The zero-order valence-electron chi connectivity index (χ0n) is 15.5. The maximum Gasteiger partial charge on any atom is 0.336 e. The molecule has 0 heterocycles.